The number of benzene rings is 1. The van der Waals surface area contributed by atoms with Gasteiger partial charge in [0.2, 0.25) is 0 Å². The van der Waals surface area contributed by atoms with Crippen LogP contribution in [0.5, 0.6) is 0 Å². The number of nitrogen functional groups attached to an aromatic ring is 1. The number of nitrogens with zero attached hydrogens (tertiary/aromatic N) is 1. The van der Waals surface area contributed by atoms with Crippen LogP contribution in [0.4, 0.5) is 11.4 Å². The molecule has 0 unspecified atom stereocenters. The fourth-order valence-electron chi connectivity index (χ4n) is 1.43. The van der Waals surface area contributed by atoms with Crippen molar-refractivity contribution in [1.82, 2.24) is 4.98 Å². The number of nitrogens with two attached hydrogens (primary N) is 1. The Hall–Kier alpha value is -1.55. The predicted molar refractivity (Wildman–Crippen MR) is 69.8 cm³/mol. The first kappa shape index (κ1) is 11.0. The van der Waals surface area contributed by atoms with E-state index >= 15 is 0 Å². The summed E-state index contributed by atoms with van der Waals surface area (Å²) in [7, 11) is 0. The maximum absolute atomic E-state index is 5.84. The second kappa shape index (κ2) is 4.53. The maximum atomic E-state index is 5.84. The molecular weight excluding hydrogens is 218 g/mol. The Morgan fingerprint density at radius 1 is 1.38 bits per heavy atom. The van der Waals surface area contributed by atoms with Gasteiger partial charge in [-0.25, -0.2) is 4.98 Å². The number of rotatable bonds is 3. The highest BCUT2D eigenvalue weighted by Gasteiger charge is 1.99. The summed E-state index contributed by atoms with van der Waals surface area (Å²) >= 11 is 1.67. The first-order valence-electron chi connectivity index (χ1n) is 5.16. The lowest BCUT2D eigenvalue weighted by molar-refractivity contribution is 1.05. The Balaban J connectivity index is 2.02. The molecule has 0 radical (unpaired) electrons. The summed E-state index contributed by atoms with van der Waals surface area (Å²) in [4.78, 5) is 4.39. The van der Waals surface area contributed by atoms with Gasteiger partial charge in [0.05, 0.1) is 17.2 Å². The van der Waals surface area contributed by atoms with E-state index in [1.165, 1.54) is 0 Å². The Kier molecular flexibility index (Phi) is 3.10. The Labute approximate surface area is 99.3 Å². The van der Waals surface area contributed by atoms with Crippen molar-refractivity contribution in [2.45, 2.75) is 20.4 Å². The van der Waals surface area contributed by atoms with Crippen LogP contribution >= 0.6 is 11.3 Å². The molecule has 0 atom stereocenters. The SMILES string of the molecule is Cc1nc(CNc2ccc(C)c(N)c2)cs1. The average Bonchev–Trinajstić information content (AvgIpc) is 2.66. The number of anilines is 2. The van der Waals surface area contributed by atoms with Crippen molar-refractivity contribution >= 4 is 22.7 Å². The van der Waals surface area contributed by atoms with Crippen LogP contribution in [0.1, 0.15) is 16.3 Å². The van der Waals surface area contributed by atoms with Gasteiger partial charge in [-0.05, 0) is 31.5 Å². The molecule has 0 spiro atoms. The molecule has 2 rings (SSSR count). The summed E-state index contributed by atoms with van der Waals surface area (Å²) in [5, 5.41) is 6.47. The largest absolute Gasteiger partial charge is 0.398 e. The zero-order valence-electron chi connectivity index (χ0n) is 9.45. The first-order valence-corrected chi connectivity index (χ1v) is 6.04. The summed E-state index contributed by atoms with van der Waals surface area (Å²) in [6.45, 7) is 4.76. The van der Waals surface area contributed by atoms with Crippen molar-refractivity contribution < 1.29 is 0 Å². The van der Waals surface area contributed by atoms with Gasteiger partial charge in [0.15, 0.2) is 0 Å². The lowest BCUT2D eigenvalue weighted by Gasteiger charge is -2.06. The van der Waals surface area contributed by atoms with E-state index in [-0.39, 0.29) is 0 Å². The molecule has 84 valence electrons. The van der Waals surface area contributed by atoms with E-state index in [4.69, 9.17) is 5.73 Å². The predicted octanol–water partition coefficient (Wildman–Crippen LogP) is 2.95. The van der Waals surface area contributed by atoms with Crippen LogP contribution < -0.4 is 11.1 Å². The van der Waals surface area contributed by atoms with Gasteiger partial charge in [-0.3, -0.25) is 0 Å². The highest BCUT2D eigenvalue weighted by atomic mass is 32.1. The van der Waals surface area contributed by atoms with Crippen molar-refractivity contribution in [3.63, 3.8) is 0 Å². The Bertz CT molecular complexity index is 491. The third-order valence-corrected chi connectivity index (χ3v) is 3.24. The van der Waals surface area contributed by atoms with Gasteiger partial charge in [0.1, 0.15) is 0 Å². The number of hydrogen-bond acceptors (Lipinski definition) is 4. The second-order valence-corrected chi connectivity index (χ2v) is 4.85. The number of thiazole rings is 1. The van der Waals surface area contributed by atoms with Crippen molar-refractivity contribution in [2.75, 3.05) is 11.1 Å². The number of nitrogens with one attached hydrogen (secondary N) is 1. The molecular formula is C12H15N3S. The lowest BCUT2D eigenvalue weighted by Crippen LogP contribution is -2.01. The molecule has 0 saturated carbocycles. The normalized spacial score (nSPS) is 10.4. The van der Waals surface area contributed by atoms with E-state index in [1.54, 1.807) is 11.3 Å². The fourth-order valence-corrected chi connectivity index (χ4v) is 2.05. The number of hydrogen-bond donors (Lipinski definition) is 2. The summed E-state index contributed by atoms with van der Waals surface area (Å²) < 4.78 is 0. The standard InChI is InChI=1S/C12H15N3S/c1-8-3-4-10(5-12(8)13)14-6-11-7-16-9(2)15-11/h3-5,7,14H,6,13H2,1-2H3. The molecule has 4 heteroatoms. The molecule has 0 aliphatic rings. The maximum Gasteiger partial charge on any atom is 0.0898 e. The van der Waals surface area contributed by atoms with E-state index in [9.17, 15) is 0 Å². The third-order valence-electron chi connectivity index (χ3n) is 2.42. The Morgan fingerprint density at radius 3 is 2.81 bits per heavy atom. The van der Waals surface area contributed by atoms with Crippen LogP contribution in [0.2, 0.25) is 0 Å². The number of aromatic nitrogens is 1. The van der Waals surface area contributed by atoms with Gasteiger partial charge in [0, 0.05) is 16.8 Å². The van der Waals surface area contributed by atoms with Crippen molar-refractivity contribution in [3.05, 3.63) is 39.8 Å². The van der Waals surface area contributed by atoms with Crippen LogP contribution in [0, 0.1) is 13.8 Å². The minimum atomic E-state index is 0.743. The van der Waals surface area contributed by atoms with Crippen molar-refractivity contribution in [1.29, 1.82) is 0 Å². The summed E-state index contributed by atoms with van der Waals surface area (Å²) in [6, 6.07) is 6.00. The van der Waals surface area contributed by atoms with Gasteiger partial charge in [-0.1, -0.05) is 6.07 Å². The lowest BCUT2D eigenvalue weighted by atomic mass is 10.2. The monoisotopic (exact) mass is 233 g/mol. The van der Waals surface area contributed by atoms with Crippen LogP contribution in [0.25, 0.3) is 0 Å². The summed E-state index contributed by atoms with van der Waals surface area (Å²) in [5.41, 5.74) is 9.87. The summed E-state index contributed by atoms with van der Waals surface area (Å²) in [6.07, 6.45) is 0. The van der Waals surface area contributed by atoms with E-state index < -0.39 is 0 Å². The summed E-state index contributed by atoms with van der Waals surface area (Å²) in [5.74, 6) is 0. The molecule has 0 bridgehead atoms. The molecule has 1 aromatic carbocycles. The molecule has 1 aromatic heterocycles. The van der Waals surface area contributed by atoms with E-state index in [0.29, 0.717) is 0 Å². The van der Waals surface area contributed by atoms with Crippen LogP contribution in [-0.2, 0) is 6.54 Å². The van der Waals surface area contributed by atoms with Gasteiger partial charge in [-0.15, -0.1) is 11.3 Å². The highest BCUT2D eigenvalue weighted by Crippen LogP contribution is 2.18. The minimum Gasteiger partial charge on any atom is -0.398 e. The molecule has 3 nitrogen and oxygen atoms in total. The quantitative estimate of drug-likeness (QED) is 0.801. The molecule has 0 fully saturated rings. The van der Waals surface area contributed by atoms with Crippen LogP contribution in [0.3, 0.4) is 0 Å². The molecule has 3 N–H and O–H groups in total. The van der Waals surface area contributed by atoms with Crippen LogP contribution in [-0.4, -0.2) is 4.98 Å². The van der Waals surface area contributed by atoms with Crippen LogP contribution in [0.15, 0.2) is 23.6 Å². The van der Waals surface area contributed by atoms with Gasteiger partial charge >= 0.3 is 0 Å². The zero-order valence-corrected chi connectivity index (χ0v) is 10.3. The highest BCUT2D eigenvalue weighted by molar-refractivity contribution is 7.09. The molecule has 16 heavy (non-hydrogen) atoms. The molecule has 1 heterocycles. The minimum absolute atomic E-state index is 0.743. The molecule has 0 aliphatic heterocycles. The molecule has 2 aromatic rings. The van der Waals surface area contributed by atoms with E-state index in [2.05, 4.69) is 15.7 Å². The fraction of sp³-hybridized carbons (Fsp3) is 0.250. The second-order valence-electron chi connectivity index (χ2n) is 3.78. The van der Waals surface area contributed by atoms with Gasteiger partial charge < -0.3 is 11.1 Å². The topological polar surface area (TPSA) is 50.9 Å². The molecule has 0 aliphatic carbocycles. The van der Waals surface area contributed by atoms with Gasteiger partial charge in [0.25, 0.3) is 0 Å². The van der Waals surface area contributed by atoms with Gasteiger partial charge in [-0.2, -0.15) is 0 Å². The Morgan fingerprint density at radius 2 is 2.19 bits per heavy atom. The smallest absolute Gasteiger partial charge is 0.0898 e. The van der Waals surface area contributed by atoms with Crippen molar-refractivity contribution in [3.8, 4) is 0 Å². The van der Waals surface area contributed by atoms with Crippen molar-refractivity contribution in [2.24, 2.45) is 0 Å². The number of aryl methyl sites for hydroxylation is 2. The molecule has 0 amide bonds. The van der Waals surface area contributed by atoms with E-state index in [0.717, 1.165) is 34.2 Å². The third kappa shape index (κ3) is 2.52. The first-order chi connectivity index (χ1) is 7.65. The zero-order chi connectivity index (χ0) is 11.5. The average molecular weight is 233 g/mol. The van der Waals surface area contributed by atoms with E-state index in [1.807, 2.05) is 32.0 Å². The molecule has 0 saturated heterocycles.